The van der Waals surface area contributed by atoms with E-state index in [1.165, 1.54) is 0 Å². The minimum Gasteiger partial charge on any atom is -0.491 e. The lowest BCUT2D eigenvalue weighted by Crippen LogP contribution is -2.05. The summed E-state index contributed by atoms with van der Waals surface area (Å²) in [5.41, 5.74) is 0.981. The van der Waals surface area contributed by atoms with Gasteiger partial charge in [-0.05, 0) is 54.0 Å². The summed E-state index contributed by atoms with van der Waals surface area (Å²) in [6.07, 6.45) is 1.99. The molecule has 1 heterocycles. The fourth-order valence-corrected chi connectivity index (χ4v) is 1.78. The maximum absolute atomic E-state index is 5.62. The summed E-state index contributed by atoms with van der Waals surface area (Å²) >= 11 is 3.40. The minimum absolute atomic E-state index is 0.197. The normalized spacial score (nSPS) is 10.9. The molecule has 3 heteroatoms. The lowest BCUT2D eigenvalue weighted by Gasteiger charge is -2.09. The van der Waals surface area contributed by atoms with E-state index in [9.17, 15) is 0 Å². The van der Waals surface area contributed by atoms with E-state index in [1.807, 2.05) is 38.1 Å². The zero-order valence-corrected chi connectivity index (χ0v) is 10.3. The van der Waals surface area contributed by atoms with Crippen molar-refractivity contribution in [2.45, 2.75) is 20.0 Å². The van der Waals surface area contributed by atoms with Crippen molar-refractivity contribution in [2.75, 3.05) is 0 Å². The molecule has 0 saturated heterocycles. The molecule has 0 spiro atoms. The topological polar surface area (TPSA) is 22.1 Å². The highest BCUT2D eigenvalue weighted by Crippen LogP contribution is 2.22. The van der Waals surface area contributed by atoms with E-state index in [1.54, 1.807) is 6.20 Å². The molecule has 2 rings (SSSR count). The van der Waals surface area contributed by atoms with Gasteiger partial charge in [0, 0.05) is 16.1 Å². The number of pyridine rings is 1. The van der Waals surface area contributed by atoms with E-state index >= 15 is 0 Å². The second-order valence-corrected chi connectivity index (χ2v) is 4.59. The molecular weight excluding hydrogens is 254 g/mol. The van der Waals surface area contributed by atoms with Gasteiger partial charge >= 0.3 is 0 Å². The Morgan fingerprint density at radius 3 is 2.80 bits per heavy atom. The van der Waals surface area contributed by atoms with E-state index in [0.717, 1.165) is 21.1 Å². The number of hydrogen-bond acceptors (Lipinski definition) is 2. The Labute approximate surface area is 97.4 Å². The summed E-state index contributed by atoms with van der Waals surface area (Å²) in [6.45, 7) is 4.03. The fourth-order valence-electron chi connectivity index (χ4n) is 1.43. The Bertz CT molecular complexity index is 482. The molecule has 0 atom stereocenters. The SMILES string of the molecule is CC(C)Oc1ccc2ncc(Br)cc2c1. The van der Waals surface area contributed by atoms with Crippen molar-refractivity contribution >= 4 is 26.8 Å². The maximum Gasteiger partial charge on any atom is 0.120 e. The molecule has 15 heavy (non-hydrogen) atoms. The van der Waals surface area contributed by atoms with Crippen LogP contribution in [0.3, 0.4) is 0 Å². The first-order valence-electron chi connectivity index (χ1n) is 4.87. The van der Waals surface area contributed by atoms with Crippen LogP contribution >= 0.6 is 15.9 Å². The Hall–Kier alpha value is -1.09. The van der Waals surface area contributed by atoms with Crippen molar-refractivity contribution in [3.05, 3.63) is 34.9 Å². The molecular formula is C12H12BrNO. The maximum atomic E-state index is 5.62. The summed E-state index contributed by atoms with van der Waals surface area (Å²) < 4.78 is 6.60. The molecule has 0 unspecified atom stereocenters. The van der Waals surface area contributed by atoms with Gasteiger partial charge in [0.25, 0.3) is 0 Å². The molecule has 1 aromatic carbocycles. The average molecular weight is 266 g/mol. The first kappa shape index (κ1) is 10.4. The second kappa shape index (κ2) is 4.19. The van der Waals surface area contributed by atoms with Crippen molar-refractivity contribution in [1.29, 1.82) is 0 Å². The van der Waals surface area contributed by atoms with Crippen LogP contribution in [0, 0.1) is 0 Å². The van der Waals surface area contributed by atoms with Gasteiger partial charge in [-0.25, -0.2) is 0 Å². The molecule has 1 aromatic heterocycles. The molecule has 0 amide bonds. The summed E-state index contributed by atoms with van der Waals surface area (Å²) in [5.74, 6) is 0.886. The number of rotatable bonds is 2. The second-order valence-electron chi connectivity index (χ2n) is 3.67. The first-order chi connectivity index (χ1) is 7.15. The van der Waals surface area contributed by atoms with E-state index in [2.05, 4.69) is 20.9 Å². The van der Waals surface area contributed by atoms with Gasteiger partial charge in [0.2, 0.25) is 0 Å². The zero-order chi connectivity index (χ0) is 10.8. The highest BCUT2D eigenvalue weighted by atomic mass is 79.9. The highest BCUT2D eigenvalue weighted by molar-refractivity contribution is 9.10. The zero-order valence-electron chi connectivity index (χ0n) is 8.70. The lowest BCUT2D eigenvalue weighted by molar-refractivity contribution is 0.243. The van der Waals surface area contributed by atoms with E-state index in [0.29, 0.717) is 0 Å². The van der Waals surface area contributed by atoms with E-state index in [4.69, 9.17) is 4.74 Å². The lowest BCUT2D eigenvalue weighted by atomic mass is 10.2. The van der Waals surface area contributed by atoms with Crippen LogP contribution < -0.4 is 4.74 Å². The number of aromatic nitrogens is 1. The summed E-state index contributed by atoms with van der Waals surface area (Å²) in [6, 6.07) is 7.96. The molecule has 0 aliphatic carbocycles. The smallest absolute Gasteiger partial charge is 0.120 e. The van der Waals surface area contributed by atoms with Crippen LogP contribution in [0.4, 0.5) is 0 Å². The van der Waals surface area contributed by atoms with Gasteiger partial charge in [-0.15, -0.1) is 0 Å². The van der Waals surface area contributed by atoms with Crippen LogP contribution in [0.25, 0.3) is 10.9 Å². The fraction of sp³-hybridized carbons (Fsp3) is 0.250. The molecule has 0 fully saturated rings. The molecule has 78 valence electrons. The van der Waals surface area contributed by atoms with Gasteiger partial charge < -0.3 is 4.74 Å². The van der Waals surface area contributed by atoms with Crippen molar-refractivity contribution in [3.8, 4) is 5.75 Å². The third kappa shape index (κ3) is 2.48. The van der Waals surface area contributed by atoms with E-state index < -0.39 is 0 Å². The number of fused-ring (bicyclic) bond motifs is 1. The highest BCUT2D eigenvalue weighted by Gasteiger charge is 2.01. The van der Waals surface area contributed by atoms with Gasteiger partial charge in [0.1, 0.15) is 5.75 Å². The third-order valence-corrected chi connectivity index (χ3v) is 2.42. The summed E-state index contributed by atoms with van der Waals surface area (Å²) in [4.78, 5) is 4.30. The Morgan fingerprint density at radius 1 is 1.27 bits per heavy atom. The van der Waals surface area contributed by atoms with Gasteiger partial charge in [0.05, 0.1) is 11.6 Å². The van der Waals surface area contributed by atoms with E-state index in [-0.39, 0.29) is 6.10 Å². The summed E-state index contributed by atoms with van der Waals surface area (Å²) in [5, 5.41) is 1.09. The largest absolute Gasteiger partial charge is 0.491 e. The summed E-state index contributed by atoms with van der Waals surface area (Å²) in [7, 11) is 0. The van der Waals surface area contributed by atoms with Crippen LogP contribution in [0.1, 0.15) is 13.8 Å². The standard InChI is InChI=1S/C12H12BrNO/c1-8(2)15-11-3-4-12-9(6-11)5-10(13)7-14-12/h3-8H,1-2H3. The quantitative estimate of drug-likeness (QED) is 0.825. The van der Waals surface area contributed by atoms with Crippen molar-refractivity contribution in [1.82, 2.24) is 4.98 Å². The van der Waals surface area contributed by atoms with Crippen molar-refractivity contribution < 1.29 is 4.74 Å². The van der Waals surface area contributed by atoms with Crippen molar-refractivity contribution in [2.24, 2.45) is 0 Å². The molecule has 2 nitrogen and oxygen atoms in total. The molecule has 0 aliphatic rings. The van der Waals surface area contributed by atoms with Gasteiger partial charge in [-0.3, -0.25) is 4.98 Å². The van der Waals surface area contributed by atoms with Crippen LogP contribution in [0.15, 0.2) is 34.9 Å². The number of halogens is 1. The number of nitrogens with zero attached hydrogens (tertiary/aromatic N) is 1. The molecule has 0 bridgehead atoms. The van der Waals surface area contributed by atoms with Gasteiger partial charge in [-0.1, -0.05) is 0 Å². The third-order valence-electron chi connectivity index (χ3n) is 1.99. The molecule has 0 aliphatic heterocycles. The number of ether oxygens (including phenoxy) is 1. The Balaban J connectivity index is 2.45. The first-order valence-corrected chi connectivity index (χ1v) is 5.66. The van der Waals surface area contributed by atoms with Crippen LogP contribution in [-0.4, -0.2) is 11.1 Å². The van der Waals surface area contributed by atoms with Crippen LogP contribution in [0.2, 0.25) is 0 Å². The van der Waals surface area contributed by atoms with Gasteiger partial charge in [0.15, 0.2) is 0 Å². The molecule has 0 N–H and O–H groups in total. The predicted octanol–water partition coefficient (Wildman–Crippen LogP) is 3.78. The molecule has 2 aromatic rings. The molecule has 0 saturated carbocycles. The predicted molar refractivity (Wildman–Crippen MR) is 65.2 cm³/mol. The molecule has 0 radical (unpaired) electrons. The Morgan fingerprint density at radius 2 is 2.07 bits per heavy atom. The van der Waals surface area contributed by atoms with Crippen LogP contribution in [-0.2, 0) is 0 Å². The average Bonchev–Trinajstić information content (AvgIpc) is 2.16. The van der Waals surface area contributed by atoms with Crippen LogP contribution in [0.5, 0.6) is 5.75 Å². The number of hydrogen-bond donors (Lipinski definition) is 0. The monoisotopic (exact) mass is 265 g/mol. The van der Waals surface area contributed by atoms with Crippen molar-refractivity contribution in [3.63, 3.8) is 0 Å². The minimum atomic E-state index is 0.197. The van der Waals surface area contributed by atoms with Gasteiger partial charge in [-0.2, -0.15) is 0 Å². The Kier molecular flexibility index (Phi) is 2.91. The number of benzene rings is 1.